The number of carbonyl (C=O) groups is 1. The first kappa shape index (κ1) is 19.2. The summed E-state index contributed by atoms with van der Waals surface area (Å²) >= 11 is 0. The van der Waals surface area contributed by atoms with Gasteiger partial charge in [-0.3, -0.25) is 4.79 Å². The summed E-state index contributed by atoms with van der Waals surface area (Å²) in [4.78, 5) is 17.0. The molecule has 0 unspecified atom stereocenters. The lowest BCUT2D eigenvalue weighted by atomic mass is 9.99. The van der Waals surface area contributed by atoms with Gasteiger partial charge in [0.05, 0.1) is 0 Å². The maximum absolute atomic E-state index is 13.2. The number of piperazine rings is 1. The predicted molar refractivity (Wildman–Crippen MR) is 96.1 cm³/mol. The van der Waals surface area contributed by atoms with Gasteiger partial charge in [0.1, 0.15) is 11.9 Å². The molecule has 2 heterocycles. The highest BCUT2D eigenvalue weighted by Gasteiger charge is 2.42. The van der Waals surface area contributed by atoms with Crippen LogP contribution in [0, 0.1) is 5.82 Å². The van der Waals surface area contributed by atoms with Crippen molar-refractivity contribution < 1.29 is 17.6 Å². The maximum Gasteiger partial charge on any atom is 0.280 e. The summed E-state index contributed by atoms with van der Waals surface area (Å²) < 4.78 is 41.8. The average molecular weight is 384 g/mol. The molecule has 1 N–H and O–H groups in total. The molecular weight excluding hydrogens is 359 g/mol. The fraction of sp³-hybridized carbons (Fsp3) is 0.588. The van der Waals surface area contributed by atoms with Crippen LogP contribution in [0.5, 0.6) is 0 Å². The third kappa shape index (κ3) is 3.90. The van der Waals surface area contributed by atoms with Crippen molar-refractivity contribution in [1.82, 2.24) is 18.8 Å². The SMILES string of the molecule is CCN1CCN(C(=O)[C@H]2C[C@@H](c3ccc(F)cc3)NS(=O)(=O)N2C)CC1. The van der Waals surface area contributed by atoms with Crippen LogP contribution in [0.3, 0.4) is 0 Å². The number of nitrogens with one attached hydrogen (secondary N) is 1. The van der Waals surface area contributed by atoms with Gasteiger partial charge in [-0.05, 0) is 30.7 Å². The highest BCUT2D eigenvalue weighted by Crippen LogP contribution is 2.29. The molecule has 1 aromatic rings. The molecule has 0 aliphatic carbocycles. The minimum Gasteiger partial charge on any atom is -0.339 e. The summed E-state index contributed by atoms with van der Waals surface area (Å²) in [7, 11) is -2.36. The van der Waals surface area contributed by atoms with Crippen molar-refractivity contribution in [3.8, 4) is 0 Å². The predicted octanol–water partition coefficient (Wildman–Crippen LogP) is 0.569. The Kier molecular flexibility index (Phi) is 5.61. The number of carbonyl (C=O) groups excluding carboxylic acids is 1. The topological polar surface area (TPSA) is 73.0 Å². The minimum absolute atomic E-state index is 0.166. The number of likely N-dealkylation sites (N-methyl/N-ethyl adjacent to an activating group) is 2. The standard InChI is InChI=1S/C17H25FN4O3S/c1-3-21-8-10-22(11-9-21)17(23)16-12-15(19-26(24,25)20(16)2)13-4-6-14(18)7-5-13/h4-7,15-16,19H,3,8-12H2,1-2H3/t15-,16+/m0/s1. The highest BCUT2D eigenvalue weighted by atomic mass is 32.2. The molecule has 0 bridgehead atoms. The summed E-state index contributed by atoms with van der Waals surface area (Å²) in [5.41, 5.74) is 0.650. The molecule has 2 aliphatic heterocycles. The fourth-order valence-electron chi connectivity index (χ4n) is 3.50. The second kappa shape index (κ2) is 7.59. The van der Waals surface area contributed by atoms with Crippen molar-refractivity contribution in [2.45, 2.75) is 25.4 Å². The Morgan fingerprint density at radius 3 is 2.38 bits per heavy atom. The quantitative estimate of drug-likeness (QED) is 0.827. The van der Waals surface area contributed by atoms with Crippen molar-refractivity contribution in [3.63, 3.8) is 0 Å². The van der Waals surface area contributed by atoms with Crippen LogP contribution in [-0.4, -0.2) is 74.2 Å². The molecule has 2 fully saturated rings. The van der Waals surface area contributed by atoms with E-state index in [-0.39, 0.29) is 11.7 Å². The zero-order chi connectivity index (χ0) is 18.9. The largest absolute Gasteiger partial charge is 0.339 e. The van der Waals surface area contributed by atoms with Crippen molar-refractivity contribution >= 4 is 16.1 Å². The average Bonchev–Trinajstić information content (AvgIpc) is 2.64. The zero-order valence-corrected chi connectivity index (χ0v) is 15.9. The van der Waals surface area contributed by atoms with Crippen LogP contribution >= 0.6 is 0 Å². The molecule has 2 saturated heterocycles. The van der Waals surface area contributed by atoms with Gasteiger partial charge in [-0.2, -0.15) is 17.4 Å². The van der Waals surface area contributed by atoms with Gasteiger partial charge in [-0.15, -0.1) is 0 Å². The van der Waals surface area contributed by atoms with E-state index in [0.29, 0.717) is 25.1 Å². The number of nitrogens with zero attached hydrogens (tertiary/aromatic N) is 3. The second-order valence-corrected chi connectivity index (χ2v) is 8.52. The van der Waals surface area contributed by atoms with Crippen LogP contribution in [0.25, 0.3) is 0 Å². The molecule has 0 spiro atoms. The molecule has 1 amide bonds. The van der Waals surface area contributed by atoms with Gasteiger partial charge in [0.2, 0.25) is 5.91 Å². The van der Waals surface area contributed by atoms with Crippen LogP contribution in [0.4, 0.5) is 4.39 Å². The summed E-state index contributed by atoms with van der Waals surface area (Å²) in [5.74, 6) is -0.550. The Balaban J connectivity index is 1.78. The molecule has 7 nitrogen and oxygen atoms in total. The van der Waals surface area contributed by atoms with Gasteiger partial charge in [0, 0.05) is 39.3 Å². The van der Waals surface area contributed by atoms with E-state index in [4.69, 9.17) is 0 Å². The van der Waals surface area contributed by atoms with Crippen molar-refractivity contribution in [2.75, 3.05) is 39.8 Å². The molecule has 3 rings (SSSR count). The van der Waals surface area contributed by atoms with E-state index in [2.05, 4.69) is 16.5 Å². The third-order valence-corrected chi connectivity index (χ3v) is 6.85. The van der Waals surface area contributed by atoms with Gasteiger partial charge in [0.25, 0.3) is 10.2 Å². The molecule has 9 heteroatoms. The van der Waals surface area contributed by atoms with E-state index in [1.165, 1.54) is 19.2 Å². The van der Waals surface area contributed by atoms with Crippen LogP contribution in [-0.2, 0) is 15.0 Å². The number of amides is 1. The summed E-state index contributed by atoms with van der Waals surface area (Å²) in [6.07, 6.45) is 0.314. The van der Waals surface area contributed by atoms with Gasteiger partial charge in [0.15, 0.2) is 0 Å². The fourth-order valence-corrected chi connectivity index (χ4v) is 4.77. The van der Waals surface area contributed by atoms with E-state index in [1.54, 1.807) is 17.0 Å². The summed E-state index contributed by atoms with van der Waals surface area (Å²) in [6, 6.07) is 4.38. The zero-order valence-electron chi connectivity index (χ0n) is 15.1. The Morgan fingerprint density at radius 2 is 1.81 bits per heavy atom. The maximum atomic E-state index is 13.2. The van der Waals surface area contributed by atoms with E-state index in [0.717, 1.165) is 23.9 Å². The molecule has 0 radical (unpaired) electrons. The monoisotopic (exact) mass is 384 g/mol. The number of hydrogen-bond donors (Lipinski definition) is 1. The Morgan fingerprint density at radius 1 is 1.19 bits per heavy atom. The molecule has 144 valence electrons. The Bertz CT molecular complexity index is 748. The van der Waals surface area contributed by atoms with Crippen molar-refractivity contribution in [2.24, 2.45) is 0 Å². The van der Waals surface area contributed by atoms with Crippen LogP contribution < -0.4 is 4.72 Å². The number of benzene rings is 1. The van der Waals surface area contributed by atoms with Crippen molar-refractivity contribution in [3.05, 3.63) is 35.6 Å². The lowest BCUT2D eigenvalue weighted by Gasteiger charge is -2.41. The number of halogens is 1. The molecule has 0 saturated carbocycles. The minimum atomic E-state index is -3.79. The van der Waals surface area contributed by atoms with E-state index >= 15 is 0 Å². The van der Waals surface area contributed by atoms with Crippen LogP contribution in [0.15, 0.2) is 24.3 Å². The first-order valence-corrected chi connectivity index (χ1v) is 10.3. The van der Waals surface area contributed by atoms with E-state index in [9.17, 15) is 17.6 Å². The Hall–Kier alpha value is -1.55. The lowest BCUT2D eigenvalue weighted by molar-refractivity contribution is -0.137. The van der Waals surface area contributed by atoms with Crippen molar-refractivity contribution in [1.29, 1.82) is 0 Å². The number of rotatable bonds is 3. The molecule has 2 aliphatic rings. The van der Waals surface area contributed by atoms with Gasteiger partial charge < -0.3 is 9.80 Å². The molecule has 0 aromatic heterocycles. The molecular formula is C17H25FN4O3S. The smallest absolute Gasteiger partial charge is 0.280 e. The first-order valence-electron chi connectivity index (χ1n) is 8.83. The summed E-state index contributed by atoms with van der Waals surface area (Å²) in [6.45, 7) is 5.82. The van der Waals surface area contributed by atoms with E-state index in [1.807, 2.05) is 0 Å². The van der Waals surface area contributed by atoms with Gasteiger partial charge >= 0.3 is 0 Å². The van der Waals surface area contributed by atoms with Crippen LogP contribution in [0.2, 0.25) is 0 Å². The lowest BCUT2D eigenvalue weighted by Crippen LogP contribution is -2.60. The third-order valence-electron chi connectivity index (χ3n) is 5.26. The second-order valence-electron chi connectivity index (χ2n) is 6.75. The first-order chi connectivity index (χ1) is 12.3. The normalized spacial score (nSPS) is 27.4. The Labute approximate surface area is 153 Å². The van der Waals surface area contributed by atoms with Gasteiger partial charge in [-0.1, -0.05) is 19.1 Å². The highest BCUT2D eigenvalue weighted by molar-refractivity contribution is 7.87. The molecule has 1 aromatic carbocycles. The summed E-state index contributed by atoms with van der Waals surface area (Å²) in [5, 5.41) is 0. The number of hydrogen-bond acceptors (Lipinski definition) is 4. The van der Waals surface area contributed by atoms with Gasteiger partial charge in [-0.25, -0.2) is 4.39 Å². The molecule has 2 atom stereocenters. The van der Waals surface area contributed by atoms with Crippen LogP contribution in [0.1, 0.15) is 24.9 Å². The van der Waals surface area contributed by atoms with E-state index < -0.39 is 22.3 Å². The molecule has 26 heavy (non-hydrogen) atoms.